The highest BCUT2D eigenvalue weighted by atomic mass is 35.5. The summed E-state index contributed by atoms with van der Waals surface area (Å²) in [7, 11) is 0. The number of aromatic nitrogens is 2. The minimum Gasteiger partial charge on any atom is -0.477 e. The van der Waals surface area contributed by atoms with Crippen molar-refractivity contribution in [2.24, 2.45) is 0 Å². The van der Waals surface area contributed by atoms with Crippen LogP contribution < -0.4 is 5.32 Å². The van der Waals surface area contributed by atoms with Gasteiger partial charge in [-0.1, -0.05) is 34.7 Å². The average Bonchev–Trinajstić information content (AvgIpc) is 3.15. The predicted octanol–water partition coefficient (Wildman–Crippen LogP) is 2.64. The molecule has 0 bridgehead atoms. The van der Waals surface area contributed by atoms with Crippen LogP contribution in [-0.4, -0.2) is 60.9 Å². The third-order valence-electron chi connectivity index (χ3n) is 4.52. The fourth-order valence-electron chi connectivity index (χ4n) is 3.11. The van der Waals surface area contributed by atoms with Crippen molar-refractivity contribution in [1.29, 1.82) is 0 Å². The van der Waals surface area contributed by atoms with E-state index in [-0.39, 0.29) is 5.70 Å². The van der Waals surface area contributed by atoms with Crippen LogP contribution >= 0.6 is 46.5 Å². The number of carbonyl (C=O) groups is 3. The Hall–Kier alpha value is -2.08. The van der Waals surface area contributed by atoms with Crippen molar-refractivity contribution in [1.82, 2.24) is 20.4 Å². The van der Waals surface area contributed by atoms with Gasteiger partial charge in [-0.25, -0.2) is 4.79 Å². The molecular formula is C18H15ClN4O4S3. The zero-order valence-corrected chi connectivity index (χ0v) is 18.7. The van der Waals surface area contributed by atoms with Crippen LogP contribution in [0, 0.1) is 6.92 Å². The number of halogens is 1. The van der Waals surface area contributed by atoms with Gasteiger partial charge in [0.2, 0.25) is 0 Å². The molecule has 1 aromatic heterocycles. The number of hydrogen-bond donors (Lipinski definition) is 2. The van der Waals surface area contributed by atoms with Gasteiger partial charge in [-0.3, -0.25) is 14.5 Å². The molecular weight excluding hydrogens is 468 g/mol. The molecule has 2 amide bonds. The number of hydrogen-bond acceptors (Lipinski definition) is 8. The van der Waals surface area contributed by atoms with E-state index in [0.29, 0.717) is 27.7 Å². The monoisotopic (exact) mass is 482 g/mol. The van der Waals surface area contributed by atoms with Gasteiger partial charge in [0.05, 0.1) is 0 Å². The Labute approximate surface area is 189 Å². The van der Waals surface area contributed by atoms with E-state index in [9.17, 15) is 19.5 Å². The summed E-state index contributed by atoms with van der Waals surface area (Å²) in [5.74, 6) is -1.13. The molecule has 0 radical (unpaired) electrons. The Kier molecular flexibility index (Phi) is 6.05. The van der Waals surface area contributed by atoms with Gasteiger partial charge in [0.15, 0.2) is 4.34 Å². The summed E-state index contributed by atoms with van der Waals surface area (Å²) >= 11 is 10.1. The number of aliphatic carboxylic acids is 1. The van der Waals surface area contributed by atoms with Gasteiger partial charge in [-0.2, -0.15) is 0 Å². The Balaban J connectivity index is 1.47. The number of β-lactam (4-membered cyclic amide) rings is 1. The Morgan fingerprint density at radius 2 is 2.07 bits per heavy atom. The molecule has 12 heteroatoms. The zero-order chi connectivity index (χ0) is 21.4. The molecule has 30 heavy (non-hydrogen) atoms. The maximum absolute atomic E-state index is 12.7. The molecule has 156 valence electrons. The van der Waals surface area contributed by atoms with Gasteiger partial charge in [0.25, 0.3) is 11.8 Å². The number of nitrogens with zero attached hydrogens (tertiary/aromatic N) is 3. The summed E-state index contributed by atoms with van der Waals surface area (Å²) < 4.78 is 0.750. The molecule has 4 rings (SSSR count). The van der Waals surface area contributed by atoms with Crippen molar-refractivity contribution >= 4 is 64.2 Å². The number of carbonyl (C=O) groups excluding carboxylic acids is 2. The van der Waals surface area contributed by atoms with Crippen LogP contribution in [0.1, 0.15) is 15.4 Å². The number of carboxylic acids is 1. The molecule has 1 fully saturated rings. The third kappa shape index (κ3) is 4.07. The lowest BCUT2D eigenvalue weighted by atomic mass is 10.0. The van der Waals surface area contributed by atoms with Crippen molar-refractivity contribution in [2.75, 3.05) is 11.5 Å². The molecule has 0 spiro atoms. The smallest absolute Gasteiger partial charge is 0.352 e. The zero-order valence-electron chi connectivity index (χ0n) is 15.5. The van der Waals surface area contributed by atoms with Crippen LogP contribution in [0.5, 0.6) is 0 Å². The Morgan fingerprint density at radius 1 is 1.33 bits per heavy atom. The van der Waals surface area contributed by atoms with Crippen molar-refractivity contribution in [3.63, 3.8) is 0 Å². The molecule has 2 aliphatic heterocycles. The minimum atomic E-state index is -1.15. The second-order valence-corrected chi connectivity index (χ2v) is 10.4. The van der Waals surface area contributed by atoms with Gasteiger partial charge in [-0.15, -0.1) is 22.0 Å². The number of amides is 2. The highest BCUT2D eigenvalue weighted by molar-refractivity contribution is 8.01. The summed E-state index contributed by atoms with van der Waals surface area (Å²) in [6, 6.07) is 5.55. The minimum absolute atomic E-state index is 0.00511. The van der Waals surface area contributed by atoms with Crippen LogP contribution in [0.2, 0.25) is 5.02 Å². The SMILES string of the molecule is Cc1nnc(SCC2=C(C(=O)O)N3C(=O)C(NC(=O)c4ccc(Cl)cc4)C3SC2)s1. The van der Waals surface area contributed by atoms with Gasteiger partial charge < -0.3 is 10.4 Å². The van der Waals surface area contributed by atoms with E-state index in [1.165, 1.54) is 39.8 Å². The first kappa shape index (κ1) is 21.2. The fraction of sp³-hybridized carbons (Fsp3) is 0.278. The lowest BCUT2D eigenvalue weighted by Crippen LogP contribution is -2.70. The van der Waals surface area contributed by atoms with Gasteiger partial charge in [0, 0.05) is 22.1 Å². The van der Waals surface area contributed by atoms with Gasteiger partial charge in [0.1, 0.15) is 22.1 Å². The van der Waals surface area contributed by atoms with E-state index in [1.807, 2.05) is 6.92 Å². The molecule has 2 aromatic rings. The van der Waals surface area contributed by atoms with E-state index in [1.54, 1.807) is 24.3 Å². The van der Waals surface area contributed by atoms with Crippen LogP contribution in [-0.2, 0) is 9.59 Å². The first-order chi connectivity index (χ1) is 14.3. The molecule has 2 aliphatic rings. The van der Waals surface area contributed by atoms with Gasteiger partial charge in [-0.05, 0) is 36.8 Å². The molecule has 0 saturated carbocycles. The lowest BCUT2D eigenvalue weighted by molar-refractivity contribution is -0.148. The second kappa shape index (κ2) is 8.58. The number of thioether (sulfide) groups is 2. The normalized spacial score (nSPS) is 20.6. The number of aryl methyl sites for hydroxylation is 1. The fourth-order valence-corrected chi connectivity index (χ4v) is 6.53. The molecule has 2 atom stereocenters. The van der Waals surface area contributed by atoms with E-state index >= 15 is 0 Å². The highest BCUT2D eigenvalue weighted by Gasteiger charge is 2.54. The van der Waals surface area contributed by atoms with E-state index in [0.717, 1.165) is 9.35 Å². The number of rotatable bonds is 6. The van der Waals surface area contributed by atoms with Crippen LogP contribution in [0.15, 0.2) is 39.9 Å². The number of benzene rings is 1. The lowest BCUT2D eigenvalue weighted by Gasteiger charge is -2.49. The number of nitrogens with one attached hydrogen (secondary N) is 1. The molecule has 3 heterocycles. The first-order valence-electron chi connectivity index (χ1n) is 8.74. The largest absolute Gasteiger partial charge is 0.477 e. The molecule has 1 aromatic carbocycles. The number of carboxylic acid groups (broad SMARTS) is 1. The predicted molar refractivity (Wildman–Crippen MR) is 116 cm³/mol. The molecule has 1 saturated heterocycles. The standard InChI is InChI=1S/C18H15ClN4O4S3/c1-8-21-22-18(30-8)29-7-10-6-28-16-12(15(25)23(16)13(10)17(26)27)20-14(24)9-2-4-11(19)5-3-9/h2-5,12,16H,6-7H2,1H3,(H,20,24)(H,26,27). The third-order valence-corrected chi connectivity index (χ3v) is 8.17. The molecule has 8 nitrogen and oxygen atoms in total. The summed E-state index contributed by atoms with van der Waals surface area (Å²) in [6.45, 7) is 1.85. The maximum atomic E-state index is 12.7. The van der Waals surface area contributed by atoms with Crippen molar-refractivity contribution < 1.29 is 19.5 Å². The van der Waals surface area contributed by atoms with Crippen LogP contribution in [0.3, 0.4) is 0 Å². The number of fused-ring (bicyclic) bond motifs is 1. The second-order valence-electron chi connectivity index (χ2n) is 6.50. The van der Waals surface area contributed by atoms with Crippen molar-refractivity contribution in [3.05, 3.63) is 51.1 Å². The first-order valence-corrected chi connectivity index (χ1v) is 12.0. The molecule has 0 aliphatic carbocycles. The average molecular weight is 483 g/mol. The molecule has 2 unspecified atom stereocenters. The van der Waals surface area contributed by atoms with Gasteiger partial charge >= 0.3 is 5.97 Å². The van der Waals surface area contributed by atoms with Crippen LogP contribution in [0.25, 0.3) is 0 Å². The maximum Gasteiger partial charge on any atom is 0.352 e. The van der Waals surface area contributed by atoms with Crippen molar-refractivity contribution in [2.45, 2.75) is 22.7 Å². The van der Waals surface area contributed by atoms with E-state index < -0.39 is 29.2 Å². The van der Waals surface area contributed by atoms with Crippen LogP contribution in [0.4, 0.5) is 0 Å². The summed E-state index contributed by atoms with van der Waals surface area (Å²) in [6.07, 6.45) is 0. The molecule has 2 N–H and O–H groups in total. The van der Waals surface area contributed by atoms with Crippen molar-refractivity contribution in [3.8, 4) is 0 Å². The summed E-state index contributed by atoms with van der Waals surface area (Å²) in [5, 5.41) is 21.3. The summed E-state index contributed by atoms with van der Waals surface area (Å²) in [4.78, 5) is 38.3. The Morgan fingerprint density at radius 3 is 2.70 bits per heavy atom. The van der Waals surface area contributed by atoms with E-state index in [4.69, 9.17) is 11.6 Å². The summed E-state index contributed by atoms with van der Waals surface area (Å²) in [5.41, 5.74) is 1.02. The topological polar surface area (TPSA) is 112 Å². The highest BCUT2D eigenvalue weighted by Crippen LogP contribution is 2.41. The van der Waals surface area contributed by atoms with E-state index in [2.05, 4.69) is 15.5 Å². The quantitative estimate of drug-likeness (QED) is 0.477. The Bertz CT molecular complexity index is 1060.